The monoisotopic (exact) mass is 256 g/mol. The Labute approximate surface area is 106 Å². The first-order valence-corrected chi connectivity index (χ1v) is 6.00. The molecular weight excluding hydrogens is 236 g/mol. The van der Waals surface area contributed by atoms with Crippen molar-refractivity contribution in [2.75, 3.05) is 13.2 Å². The molecule has 0 rings (SSSR count). The minimum atomic E-state index is -0.488. The summed E-state index contributed by atoms with van der Waals surface area (Å²) in [5.41, 5.74) is 8.05. The quantitative estimate of drug-likeness (QED) is 0.266. The van der Waals surface area contributed by atoms with Gasteiger partial charge < -0.3 is 10.4 Å². The highest BCUT2D eigenvalue weighted by molar-refractivity contribution is 5.79. The molecule has 0 aromatic carbocycles. The van der Waals surface area contributed by atoms with E-state index in [4.69, 9.17) is 10.6 Å². The summed E-state index contributed by atoms with van der Waals surface area (Å²) >= 11 is 0. The summed E-state index contributed by atoms with van der Waals surface area (Å²) in [4.78, 5) is 25.0. The van der Waals surface area contributed by atoms with Crippen molar-refractivity contribution in [3.8, 4) is 0 Å². The summed E-state index contributed by atoms with van der Waals surface area (Å²) in [6.07, 6.45) is 2.77. The Hall–Kier alpha value is -1.59. The van der Waals surface area contributed by atoms with Gasteiger partial charge in [0.1, 0.15) is 5.78 Å². The molecule has 0 unspecified atom stereocenters. The van der Waals surface area contributed by atoms with Crippen LogP contribution < -0.4 is 5.32 Å². The number of azide groups is 1. The number of rotatable bonds is 10. The van der Waals surface area contributed by atoms with Crippen LogP contribution in [0.3, 0.4) is 0 Å². The van der Waals surface area contributed by atoms with Crippen LogP contribution in [0, 0.1) is 0 Å². The van der Waals surface area contributed by atoms with Crippen molar-refractivity contribution in [3.05, 3.63) is 10.4 Å². The van der Waals surface area contributed by atoms with Crippen LogP contribution in [0.5, 0.6) is 0 Å². The van der Waals surface area contributed by atoms with E-state index in [9.17, 15) is 9.59 Å². The summed E-state index contributed by atoms with van der Waals surface area (Å²) in [5, 5.41) is 15.0. The average Bonchev–Trinajstić information content (AvgIpc) is 2.32. The highest BCUT2D eigenvalue weighted by atomic mass is 16.3. The highest BCUT2D eigenvalue weighted by Crippen LogP contribution is 2.01. The van der Waals surface area contributed by atoms with E-state index in [0.717, 1.165) is 12.8 Å². The van der Waals surface area contributed by atoms with Gasteiger partial charge in [-0.25, -0.2) is 0 Å². The number of ketones is 1. The van der Waals surface area contributed by atoms with Crippen LogP contribution in [0.2, 0.25) is 0 Å². The molecule has 7 nitrogen and oxygen atoms in total. The molecular formula is C11H20N4O3. The highest BCUT2D eigenvalue weighted by Gasteiger charge is 2.12. The molecule has 0 bridgehead atoms. The molecule has 0 saturated carbocycles. The van der Waals surface area contributed by atoms with E-state index in [1.54, 1.807) is 0 Å². The Morgan fingerprint density at radius 3 is 2.67 bits per heavy atom. The fourth-order valence-electron chi connectivity index (χ4n) is 1.50. The van der Waals surface area contributed by atoms with Crippen LogP contribution in [0.25, 0.3) is 10.4 Å². The average molecular weight is 256 g/mol. The normalized spacial score (nSPS) is 11.4. The Bertz CT molecular complexity index is 313. The first-order chi connectivity index (χ1) is 8.60. The number of aliphatic hydroxyl groups excluding tert-OH is 1. The van der Waals surface area contributed by atoms with E-state index in [2.05, 4.69) is 15.3 Å². The van der Waals surface area contributed by atoms with Crippen LogP contribution >= 0.6 is 0 Å². The van der Waals surface area contributed by atoms with Crippen LogP contribution in [0.1, 0.15) is 39.0 Å². The minimum Gasteiger partial charge on any atom is -0.394 e. The topological polar surface area (TPSA) is 115 Å². The molecule has 0 fully saturated rings. The fourth-order valence-corrected chi connectivity index (χ4v) is 1.50. The third kappa shape index (κ3) is 9.62. The molecule has 0 aromatic rings. The molecule has 0 aromatic heterocycles. The second-order valence-electron chi connectivity index (χ2n) is 4.12. The standard InChI is InChI=1S/C11H20N4O3/c1-9(17)7-10(8-16)14-11(18)5-3-2-4-6-13-15-12/h10,16H,2-8H2,1H3,(H,14,18)/t10-/m0/s1. The molecule has 0 radical (unpaired) electrons. The zero-order chi connectivity index (χ0) is 13.8. The van der Waals surface area contributed by atoms with Gasteiger partial charge in [-0.05, 0) is 25.3 Å². The molecule has 1 atom stereocenters. The Morgan fingerprint density at radius 2 is 2.11 bits per heavy atom. The van der Waals surface area contributed by atoms with Crippen molar-refractivity contribution in [2.24, 2.45) is 5.11 Å². The van der Waals surface area contributed by atoms with Crippen molar-refractivity contribution in [2.45, 2.75) is 45.1 Å². The number of unbranched alkanes of at least 4 members (excludes halogenated alkanes) is 2. The van der Waals surface area contributed by atoms with E-state index in [0.29, 0.717) is 19.4 Å². The summed E-state index contributed by atoms with van der Waals surface area (Å²) in [6, 6.07) is -0.488. The number of amides is 1. The lowest BCUT2D eigenvalue weighted by Gasteiger charge is -2.14. The summed E-state index contributed by atoms with van der Waals surface area (Å²) < 4.78 is 0. The van der Waals surface area contributed by atoms with E-state index in [1.165, 1.54) is 6.92 Å². The largest absolute Gasteiger partial charge is 0.394 e. The summed E-state index contributed by atoms with van der Waals surface area (Å²) in [5.74, 6) is -0.234. The van der Waals surface area contributed by atoms with Gasteiger partial charge in [0.25, 0.3) is 0 Å². The van der Waals surface area contributed by atoms with Crippen molar-refractivity contribution in [1.82, 2.24) is 5.32 Å². The van der Waals surface area contributed by atoms with Gasteiger partial charge in [0.05, 0.1) is 12.6 Å². The number of hydrogen-bond acceptors (Lipinski definition) is 4. The van der Waals surface area contributed by atoms with Crippen LogP contribution in [0.15, 0.2) is 5.11 Å². The fraction of sp³-hybridized carbons (Fsp3) is 0.818. The van der Waals surface area contributed by atoms with Gasteiger partial charge >= 0.3 is 0 Å². The number of nitrogens with one attached hydrogen (secondary N) is 1. The Morgan fingerprint density at radius 1 is 1.39 bits per heavy atom. The lowest BCUT2D eigenvalue weighted by atomic mass is 10.1. The number of nitrogens with zero attached hydrogens (tertiary/aromatic N) is 3. The molecule has 0 spiro atoms. The number of Topliss-reactive ketones (excluding diaryl/α,β-unsaturated/α-hetero) is 1. The third-order valence-electron chi connectivity index (χ3n) is 2.34. The lowest BCUT2D eigenvalue weighted by Crippen LogP contribution is -2.38. The zero-order valence-corrected chi connectivity index (χ0v) is 10.6. The van der Waals surface area contributed by atoms with Gasteiger partial charge in [-0.15, -0.1) is 0 Å². The van der Waals surface area contributed by atoms with Gasteiger partial charge in [0.15, 0.2) is 0 Å². The summed E-state index contributed by atoms with van der Waals surface area (Å²) in [7, 11) is 0. The van der Waals surface area contributed by atoms with E-state index in [-0.39, 0.29) is 24.7 Å². The van der Waals surface area contributed by atoms with Gasteiger partial charge in [-0.3, -0.25) is 9.59 Å². The second-order valence-corrected chi connectivity index (χ2v) is 4.12. The smallest absolute Gasteiger partial charge is 0.220 e. The van der Waals surface area contributed by atoms with E-state index in [1.807, 2.05) is 0 Å². The molecule has 18 heavy (non-hydrogen) atoms. The van der Waals surface area contributed by atoms with Crippen molar-refractivity contribution < 1.29 is 14.7 Å². The zero-order valence-electron chi connectivity index (χ0n) is 10.6. The first kappa shape index (κ1) is 16.4. The molecule has 7 heteroatoms. The first-order valence-electron chi connectivity index (χ1n) is 6.00. The molecule has 0 aliphatic heterocycles. The van der Waals surface area contributed by atoms with Crippen molar-refractivity contribution >= 4 is 11.7 Å². The maximum atomic E-state index is 11.5. The Balaban J connectivity index is 3.68. The maximum Gasteiger partial charge on any atom is 0.220 e. The number of carbonyl (C=O) groups is 2. The van der Waals surface area contributed by atoms with E-state index >= 15 is 0 Å². The van der Waals surface area contributed by atoms with Gasteiger partial charge in [-0.2, -0.15) is 0 Å². The van der Waals surface area contributed by atoms with Crippen LogP contribution in [-0.2, 0) is 9.59 Å². The molecule has 0 aliphatic rings. The maximum absolute atomic E-state index is 11.5. The molecule has 0 saturated heterocycles. The Kier molecular flexibility index (Phi) is 9.62. The van der Waals surface area contributed by atoms with Crippen molar-refractivity contribution in [1.29, 1.82) is 0 Å². The number of aliphatic hydroxyl groups is 1. The van der Waals surface area contributed by atoms with Gasteiger partial charge in [-0.1, -0.05) is 11.5 Å². The number of hydrogen-bond donors (Lipinski definition) is 2. The minimum absolute atomic E-state index is 0.0660. The lowest BCUT2D eigenvalue weighted by molar-refractivity contribution is -0.123. The SMILES string of the molecule is CC(=O)C[C@@H](CO)NC(=O)CCCCCN=[N+]=[N-]. The van der Waals surface area contributed by atoms with Crippen LogP contribution in [0.4, 0.5) is 0 Å². The van der Waals surface area contributed by atoms with E-state index < -0.39 is 6.04 Å². The summed E-state index contributed by atoms with van der Waals surface area (Å²) in [6.45, 7) is 1.63. The molecule has 102 valence electrons. The van der Waals surface area contributed by atoms with Gasteiger partial charge in [0.2, 0.25) is 5.91 Å². The molecule has 1 amide bonds. The second kappa shape index (κ2) is 10.6. The van der Waals surface area contributed by atoms with Gasteiger partial charge in [0, 0.05) is 24.3 Å². The third-order valence-corrected chi connectivity index (χ3v) is 2.34. The predicted octanol–water partition coefficient (Wildman–Crippen LogP) is 1.31. The molecule has 0 aliphatic carbocycles. The number of carbonyl (C=O) groups excluding carboxylic acids is 2. The predicted molar refractivity (Wildman–Crippen MR) is 66.8 cm³/mol. The molecule has 0 heterocycles. The molecule has 2 N–H and O–H groups in total. The van der Waals surface area contributed by atoms with Crippen LogP contribution in [-0.4, -0.2) is 36.0 Å². The van der Waals surface area contributed by atoms with Crippen molar-refractivity contribution in [3.63, 3.8) is 0 Å².